The van der Waals surface area contributed by atoms with Gasteiger partial charge in [-0.25, -0.2) is 9.97 Å². The molecule has 3 nitrogen and oxygen atoms in total. The van der Waals surface area contributed by atoms with Crippen molar-refractivity contribution >= 4 is 17.6 Å². The highest BCUT2D eigenvalue weighted by molar-refractivity contribution is 7.99. The maximum absolute atomic E-state index is 5.68. The fraction of sp³-hybridized carbons (Fsp3) is 0.636. The lowest BCUT2D eigenvalue weighted by atomic mass is 10.4. The first-order valence-electron chi connectivity index (χ1n) is 5.45. The minimum absolute atomic E-state index is 0.588. The molecule has 0 unspecified atom stereocenters. The summed E-state index contributed by atoms with van der Waals surface area (Å²) in [5, 5.41) is 0.815. The third-order valence-corrected chi connectivity index (χ3v) is 4.04. The molecule has 82 valence electrons. The number of hydrogen-bond acceptors (Lipinski definition) is 4. The summed E-state index contributed by atoms with van der Waals surface area (Å²) in [4.78, 5) is 8.62. The van der Waals surface area contributed by atoms with E-state index in [1.807, 2.05) is 24.8 Å². The number of hydrogen-bond donors (Lipinski definition) is 1. The van der Waals surface area contributed by atoms with Gasteiger partial charge >= 0.3 is 0 Å². The summed E-state index contributed by atoms with van der Waals surface area (Å²) in [5.41, 5.74) is 6.65. The average Bonchev–Trinajstić information content (AvgIpc) is 2.65. The first-order valence-corrected chi connectivity index (χ1v) is 6.50. The quantitative estimate of drug-likeness (QED) is 0.855. The van der Waals surface area contributed by atoms with Crippen LogP contribution in [0.4, 0.5) is 5.82 Å². The van der Waals surface area contributed by atoms with Gasteiger partial charge in [-0.1, -0.05) is 12.8 Å². The van der Waals surface area contributed by atoms with E-state index in [1.54, 1.807) is 0 Å². The standard InChI is InChI=1S/C11H17N3S/c1-8-6-10(12)14-11(13-8)7-15-9-4-2-3-5-9/h6,9H,2-5,7H2,1H3,(H2,12,13,14). The summed E-state index contributed by atoms with van der Waals surface area (Å²) in [6.45, 7) is 1.96. The minimum Gasteiger partial charge on any atom is -0.384 e. The first-order chi connectivity index (χ1) is 7.24. The van der Waals surface area contributed by atoms with Gasteiger partial charge < -0.3 is 5.73 Å². The smallest absolute Gasteiger partial charge is 0.140 e. The molecule has 2 N–H and O–H groups in total. The van der Waals surface area contributed by atoms with E-state index in [1.165, 1.54) is 25.7 Å². The molecule has 0 aromatic carbocycles. The molecular formula is C11H17N3S. The van der Waals surface area contributed by atoms with Crippen molar-refractivity contribution in [3.63, 3.8) is 0 Å². The topological polar surface area (TPSA) is 51.8 Å². The highest BCUT2D eigenvalue weighted by Crippen LogP contribution is 2.30. The Kier molecular flexibility index (Phi) is 3.46. The molecule has 1 aromatic rings. The monoisotopic (exact) mass is 223 g/mol. The Morgan fingerprint density at radius 3 is 2.80 bits per heavy atom. The zero-order valence-electron chi connectivity index (χ0n) is 9.07. The van der Waals surface area contributed by atoms with E-state index in [-0.39, 0.29) is 0 Å². The van der Waals surface area contributed by atoms with Crippen LogP contribution in [-0.4, -0.2) is 15.2 Å². The van der Waals surface area contributed by atoms with Crippen molar-refractivity contribution < 1.29 is 0 Å². The molecule has 4 heteroatoms. The number of nitrogen functional groups attached to an aromatic ring is 1. The summed E-state index contributed by atoms with van der Waals surface area (Å²) in [6, 6.07) is 1.81. The fourth-order valence-electron chi connectivity index (χ4n) is 1.97. The van der Waals surface area contributed by atoms with E-state index in [9.17, 15) is 0 Å². The van der Waals surface area contributed by atoms with E-state index < -0.39 is 0 Å². The third kappa shape index (κ3) is 3.09. The maximum atomic E-state index is 5.68. The van der Waals surface area contributed by atoms with Crippen LogP contribution in [-0.2, 0) is 5.75 Å². The van der Waals surface area contributed by atoms with Gasteiger partial charge in [-0.05, 0) is 19.8 Å². The van der Waals surface area contributed by atoms with Crippen molar-refractivity contribution in [1.29, 1.82) is 0 Å². The Bertz CT molecular complexity index is 314. The van der Waals surface area contributed by atoms with Crippen LogP contribution in [0.25, 0.3) is 0 Å². The van der Waals surface area contributed by atoms with Gasteiger partial charge in [0.05, 0.1) is 5.75 Å². The largest absolute Gasteiger partial charge is 0.384 e. The van der Waals surface area contributed by atoms with Gasteiger partial charge in [0, 0.05) is 17.0 Å². The predicted molar refractivity (Wildman–Crippen MR) is 64.7 cm³/mol. The van der Waals surface area contributed by atoms with E-state index in [0.717, 1.165) is 22.5 Å². The molecule has 0 bridgehead atoms. The highest BCUT2D eigenvalue weighted by atomic mass is 32.2. The molecule has 0 amide bonds. The van der Waals surface area contributed by atoms with E-state index in [2.05, 4.69) is 9.97 Å². The van der Waals surface area contributed by atoms with Crippen molar-refractivity contribution in [3.05, 3.63) is 17.6 Å². The van der Waals surface area contributed by atoms with Gasteiger partial charge in [-0.15, -0.1) is 0 Å². The summed E-state index contributed by atoms with van der Waals surface area (Å²) < 4.78 is 0. The molecule has 1 aliphatic rings. The van der Waals surface area contributed by atoms with Gasteiger partial charge in [0.1, 0.15) is 11.6 Å². The number of rotatable bonds is 3. The number of anilines is 1. The molecule has 0 saturated heterocycles. The second kappa shape index (κ2) is 4.84. The van der Waals surface area contributed by atoms with Crippen molar-refractivity contribution in [2.75, 3.05) is 5.73 Å². The van der Waals surface area contributed by atoms with E-state index in [0.29, 0.717) is 5.82 Å². The molecule has 1 saturated carbocycles. The maximum Gasteiger partial charge on any atom is 0.140 e. The molecule has 1 heterocycles. The van der Waals surface area contributed by atoms with E-state index in [4.69, 9.17) is 5.73 Å². The SMILES string of the molecule is Cc1cc(N)nc(CSC2CCCC2)n1. The second-order valence-corrected chi connectivity index (χ2v) is 5.36. The summed E-state index contributed by atoms with van der Waals surface area (Å²) in [5.74, 6) is 2.37. The predicted octanol–water partition coefficient (Wildman–Crippen LogP) is 2.54. The van der Waals surface area contributed by atoms with Crippen LogP contribution >= 0.6 is 11.8 Å². The number of nitrogens with two attached hydrogens (primary N) is 1. The Morgan fingerprint density at radius 1 is 1.40 bits per heavy atom. The van der Waals surface area contributed by atoms with Gasteiger partial charge in [0.2, 0.25) is 0 Å². The summed E-state index contributed by atoms with van der Waals surface area (Å²) >= 11 is 1.97. The lowest BCUT2D eigenvalue weighted by molar-refractivity contribution is 0.886. The molecule has 1 aromatic heterocycles. The Labute approximate surface area is 94.9 Å². The van der Waals surface area contributed by atoms with Crippen LogP contribution in [0.2, 0.25) is 0 Å². The summed E-state index contributed by atoms with van der Waals surface area (Å²) in [6.07, 6.45) is 5.47. The Hall–Kier alpha value is -0.770. The van der Waals surface area contributed by atoms with Crippen molar-refractivity contribution in [2.24, 2.45) is 0 Å². The highest BCUT2D eigenvalue weighted by Gasteiger charge is 2.15. The van der Waals surface area contributed by atoms with Crippen molar-refractivity contribution in [1.82, 2.24) is 9.97 Å². The lowest BCUT2D eigenvalue weighted by Crippen LogP contribution is -2.02. The van der Waals surface area contributed by atoms with Gasteiger partial charge in [-0.3, -0.25) is 0 Å². The van der Waals surface area contributed by atoms with Crippen LogP contribution in [0.5, 0.6) is 0 Å². The van der Waals surface area contributed by atoms with Crippen molar-refractivity contribution in [3.8, 4) is 0 Å². The number of aromatic nitrogens is 2. The van der Waals surface area contributed by atoms with Crippen LogP contribution in [0.1, 0.15) is 37.2 Å². The average molecular weight is 223 g/mol. The van der Waals surface area contributed by atoms with E-state index >= 15 is 0 Å². The molecule has 0 radical (unpaired) electrons. The molecule has 0 aliphatic heterocycles. The number of aryl methyl sites for hydroxylation is 1. The Morgan fingerprint density at radius 2 is 2.13 bits per heavy atom. The van der Waals surface area contributed by atoms with Crippen molar-refractivity contribution in [2.45, 2.75) is 43.6 Å². The van der Waals surface area contributed by atoms with Gasteiger partial charge in [-0.2, -0.15) is 11.8 Å². The molecule has 1 aliphatic carbocycles. The second-order valence-electron chi connectivity index (χ2n) is 4.07. The summed E-state index contributed by atoms with van der Waals surface area (Å²) in [7, 11) is 0. The molecule has 1 fully saturated rings. The molecular weight excluding hydrogens is 206 g/mol. The normalized spacial score (nSPS) is 17.1. The van der Waals surface area contributed by atoms with Crippen LogP contribution in [0.3, 0.4) is 0 Å². The third-order valence-electron chi connectivity index (χ3n) is 2.67. The lowest BCUT2D eigenvalue weighted by Gasteiger charge is -2.08. The minimum atomic E-state index is 0.588. The van der Waals surface area contributed by atoms with Crippen LogP contribution in [0.15, 0.2) is 6.07 Å². The zero-order chi connectivity index (χ0) is 10.7. The molecule has 0 atom stereocenters. The van der Waals surface area contributed by atoms with Crippen LogP contribution < -0.4 is 5.73 Å². The molecule has 15 heavy (non-hydrogen) atoms. The zero-order valence-corrected chi connectivity index (χ0v) is 9.89. The fourth-order valence-corrected chi connectivity index (χ4v) is 3.15. The molecule has 0 spiro atoms. The first kappa shape index (κ1) is 10.7. The number of thioether (sulfide) groups is 1. The number of nitrogens with zero attached hydrogens (tertiary/aromatic N) is 2. The van der Waals surface area contributed by atoms with Gasteiger partial charge in [0.25, 0.3) is 0 Å². The van der Waals surface area contributed by atoms with Crippen LogP contribution in [0, 0.1) is 6.92 Å². The Balaban J connectivity index is 1.92. The van der Waals surface area contributed by atoms with Gasteiger partial charge in [0.15, 0.2) is 0 Å². The molecule has 2 rings (SSSR count).